The molecule has 1 heteroatoms. The van der Waals surface area contributed by atoms with E-state index in [0.717, 1.165) is 11.9 Å². The van der Waals surface area contributed by atoms with Crippen molar-refractivity contribution < 1.29 is 0 Å². The lowest BCUT2D eigenvalue weighted by atomic mass is 9.96. The zero-order valence-corrected chi connectivity index (χ0v) is 10.0. The lowest BCUT2D eigenvalue weighted by molar-refractivity contribution is 0.686. The molecule has 1 aromatic carbocycles. The highest BCUT2D eigenvalue weighted by atomic mass is 14.7. The Kier molecular flexibility index (Phi) is 2.91. The molecule has 0 saturated heterocycles. The first-order valence-corrected chi connectivity index (χ1v) is 6.44. The molecule has 17 heavy (non-hydrogen) atoms. The SMILES string of the molecule is C1=C(Cc2ccc3ccccc3n2)CCCC1. The maximum Gasteiger partial charge on any atom is 0.0705 e. The van der Waals surface area contributed by atoms with Gasteiger partial charge >= 0.3 is 0 Å². The molecule has 1 heterocycles. The number of rotatable bonds is 2. The molecule has 3 rings (SSSR count). The van der Waals surface area contributed by atoms with Crippen molar-refractivity contribution >= 4 is 10.9 Å². The molecule has 1 aliphatic carbocycles. The Morgan fingerprint density at radius 2 is 1.94 bits per heavy atom. The number of aromatic nitrogens is 1. The van der Waals surface area contributed by atoms with E-state index in [9.17, 15) is 0 Å². The van der Waals surface area contributed by atoms with Crippen LogP contribution in [-0.2, 0) is 6.42 Å². The van der Waals surface area contributed by atoms with E-state index in [1.807, 2.05) is 0 Å². The normalized spacial score (nSPS) is 15.9. The van der Waals surface area contributed by atoms with E-state index in [0.29, 0.717) is 0 Å². The van der Waals surface area contributed by atoms with Crippen molar-refractivity contribution in [3.05, 3.63) is 53.7 Å². The van der Waals surface area contributed by atoms with Crippen LogP contribution in [-0.4, -0.2) is 4.98 Å². The first kappa shape index (κ1) is 10.5. The minimum atomic E-state index is 1.03. The Morgan fingerprint density at radius 1 is 1.00 bits per heavy atom. The summed E-state index contributed by atoms with van der Waals surface area (Å²) >= 11 is 0. The standard InChI is InChI=1S/C16H17N/c1-2-6-13(7-3-1)12-15-11-10-14-8-4-5-9-16(14)17-15/h4-6,8-11H,1-3,7,12H2. The summed E-state index contributed by atoms with van der Waals surface area (Å²) in [6.45, 7) is 0. The molecule has 1 aliphatic rings. The zero-order valence-electron chi connectivity index (χ0n) is 10.0. The van der Waals surface area contributed by atoms with Crippen LogP contribution in [0.5, 0.6) is 0 Å². The Hall–Kier alpha value is -1.63. The number of nitrogens with zero attached hydrogens (tertiary/aromatic N) is 1. The Labute approximate surface area is 102 Å². The maximum atomic E-state index is 4.73. The molecule has 0 bridgehead atoms. The molecule has 86 valence electrons. The van der Waals surface area contributed by atoms with Gasteiger partial charge in [-0.3, -0.25) is 4.98 Å². The van der Waals surface area contributed by atoms with Crippen LogP contribution in [0, 0.1) is 0 Å². The highest BCUT2D eigenvalue weighted by molar-refractivity contribution is 5.78. The lowest BCUT2D eigenvalue weighted by Gasteiger charge is -2.12. The van der Waals surface area contributed by atoms with Gasteiger partial charge in [-0.1, -0.05) is 35.9 Å². The van der Waals surface area contributed by atoms with Crippen molar-refractivity contribution in [2.24, 2.45) is 0 Å². The van der Waals surface area contributed by atoms with E-state index in [1.165, 1.54) is 36.8 Å². The van der Waals surface area contributed by atoms with Crippen molar-refractivity contribution in [1.82, 2.24) is 4.98 Å². The molecule has 0 amide bonds. The number of allylic oxidation sites excluding steroid dienone is 2. The topological polar surface area (TPSA) is 12.9 Å². The van der Waals surface area contributed by atoms with E-state index < -0.39 is 0 Å². The summed E-state index contributed by atoms with van der Waals surface area (Å²) in [5.41, 5.74) is 3.89. The monoisotopic (exact) mass is 223 g/mol. The van der Waals surface area contributed by atoms with Gasteiger partial charge in [0.1, 0.15) is 0 Å². The largest absolute Gasteiger partial charge is 0.253 e. The average molecular weight is 223 g/mol. The van der Waals surface area contributed by atoms with Crippen molar-refractivity contribution in [2.75, 3.05) is 0 Å². The van der Waals surface area contributed by atoms with Gasteiger partial charge in [0.25, 0.3) is 0 Å². The van der Waals surface area contributed by atoms with Gasteiger partial charge < -0.3 is 0 Å². The van der Waals surface area contributed by atoms with Gasteiger partial charge in [-0.15, -0.1) is 0 Å². The Bertz CT molecular complexity index is 554. The van der Waals surface area contributed by atoms with Crippen LogP contribution in [0.2, 0.25) is 0 Å². The van der Waals surface area contributed by atoms with Gasteiger partial charge in [0.15, 0.2) is 0 Å². The summed E-state index contributed by atoms with van der Waals surface area (Å²) < 4.78 is 0. The van der Waals surface area contributed by atoms with E-state index >= 15 is 0 Å². The fourth-order valence-corrected chi connectivity index (χ4v) is 2.50. The second kappa shape index (κ2) is 4.70. The fraction of sp³-hybridized carbons (Fsp3) is 0.312. The molecule has 1 aromatic heterocycles. The minimum absolute atomic E-state index is 1.03. The smallest absolute Gasteiger partial charge is 0.0705 e. The summed E-state index contributed by atoms with van der Waals surface area (Å²) in [5.74, 6) is 0. The quantitative estimate of drug-likeness (QED) is 0.692. The zero-order chi connectivity index (χ0) is 11.5. The number of para-hydroxylation sites is 1. The minimum Gasteiger partial charge on any atom is -0.253 e. The third-order valence-corrected chi connectivity index (χ3v) is 3.45. The number of fused-ring (bicyclic) bond motifs is 1. The van der Waals surface area contributed by atoms with Crippen LogP contribution in [0.4, 0.5) is 0 Å². The van der Waals surface area contributed by atoms with Gasteiger partial charge in [0, 0.05) is 17.5 Å². The number of hydrogen-bond acceptors (Lipinski definition) is 1. The summed E-state index contributed by atoms with van der Waals surface area (Å²) in [6, 6.07) is 12.7. The third kappa shape index (κ3) is 2.38. The summed E-state index contributed by atoms with van der Waals surface area (Å²) in [4.78, 5) is 4.73. The van der Waals surface area contributed by atoms with Gasteiger partial charge in [-0.05, 0) is 37.8 Å². The second-order valence-electron chi connectivity index (χ2n) is 4.78. The fourth-order valence-electron chi connectivity index (χ4n) is 2.50. The van der Waals surface area contributed by atoms with E-state index in [2.05, 4.69) is 42.5 Å². The summed E-state index contributed by atoms with van der Waals surface area (Å²) in [6.07, 6.45) is 8.65. The van der Waals surface area contributed by atoms with E-state index in [1.54, 1.807) is 5.57 Å². The number of hydrogen-bond donors (Lipinski definition) is 0. The Balaban J connectivity index is 1.87. The van der Waals surface area contributed by atoms with Crippen molar-refractivity contribution in [1.29, 1.82) is 0 Å². The highest BCUT2D eigenvalue weighted by Gasteiger charge is 2.05. The summed E-state index contributed by atoms with van der Waals surface area (Å²) in [7, 11) is 0. The van der Waals surface area contributed by atoms with Crippen molar-refractivity contribution in [2.45, 2.75) is 32.1 Å². The molecular formula is C16H17N. The predicted octanol–water partition coefficient (Wildman–Crippen LogP) is 4.28. The molecule has 2 aromatic rings. The molecule has 0 spiro atoms. The van der Waals surface area contributed by atoms with Gasteiger partial charge in [0.2, 0.25) is 0 Å². The maximum absolute atomic E-state index is 4.73. The van der Waals surface area contributed by atoms with Gasteiger partial charge in [-0.2, -0.15) is 0 Å². The number of benzene rings is 1. The van der Waals surface area contributed by atoms with Gasteiger partial charge in [-0.25, -0.2) is 0 Å². The highest BCUT2D eigenvalue weighted by Crippen LogP contribution is 2.21. The molecule has 0 saturated carbocycles. The van der Waals surface area contributed by atoms with Crippen LogP contribution in [0.25, 0.3) is 10.9 Å². The third-order valence-electron chi connectivity index (χ3n) is 3.45. The Morgan fingerprint density at radius 3 is 2.82 bits per heavy atom. The molecule has 0 atom stereocenters. The van der Waals surface area contributed by atoms with Crippen molar-refractivity contribution in [3.63, 3.8) is 0 Å². The first-order chi connectivity index (χ1) is 8.42. The number of pyridine rings is 1. The van der Waals surface area contributed by atoms with Crippen LogP contribution in [0.1, 0.15) is 31.4 Å². The summed E-state index contributed by atoms with van der Waals surface area (Å²) in [5, 5.41) is 1.23. The average Bonchev–Trinajstić information content (AvgIpc) is 2.40. The van der Waals surface area contributed by atoms with E-state index in [-0.39, 0.29) is 0 Å². The van der Waals surface area contributed by atoms with Crippen LogP contribution in [0.15, 0.2) is 48.0 Å². The molecule has 0 unspecified atom stereocenters. The van der Waals surface area contributed by atoms with Crippen LogP contribution < -0.4 is 0 Å². The molecule has 0 N–H and O–H groups in total. The molecule has 0 fully saturated rings. The second-order valence-corrected chi connectivity index (χ2v) is 4.78. The molecule has 1 nitrogen and oxygen atoms in total. The molecular weight excluding hydrogens is 206 g/mol. The van der Waals surface area contributed by atoms with E-state index in [4.69, 9.17) is 4.98 Å². The van der Waals surface area contributed by atoms with Crippen LogP contribution in [0.3, 0.4) is 0 Å². The van der Waals surface area contributed by atoms with Crippen LogP contribution >= 0.6 is 0 Å². The van der Waals surface area contributed by atoms with Gasteiger partial charge in [0.05, 0.1) is 5.52 Å². The lowest BCUT2D eigenvalue weighted by Crippen LogP contribution is -1.98. The predicted molar refractivity (Wildman–Crippen MR) is 72.0 cm³/mol. The molecule has 0 radical (unpaired) electrons. The van der Waals surface area contributed by atoms with Crippen molar-refractivity contribution in [3.8, 4) is 0 Å². The molecule has 0 aliphatic heterocycles. The first-order valence-electron chi connectivity index (χ1n) is 6.44.